The van der Waals surface area contributed by atoms with Crippen LogP contribution in [0.2, 0.25) is 0 Å². The van der Waals surface area contributed by atoms with Gasteiger partial charge in [-0.05, 0) is 30.2 Å². The molecule has 0 fully saturated rings. The second-order valence-corrected chi connectivity index (χ2v) is 7.23. The third-order valence-electron chi connectivity index (χ3n) is 4.72. The maximum atomic E-state index is 12.3. The number of aromatic nitrogens is 1. The van der Waals surface area contributed by atoms with Crippen molar-refractivity contribution < 1.29 is 9.53 Å². The van der Waals surface area contributed by atoms with E-state index in [1.54, 1.807) is 7.11 Å². The highest BCUT2D eigenvalue weighted by Gasteiger charge is 2.32. The number of hydrogen-bond donors (Lipinski definition) is 2. The molecule has 0 spiro atoms. The van der Waals surface area contributed by atoms with Gasteiger partial charge in [0, 0.05) is 17.9 Å². The highest BCUT2D eigenvalue weighted by molar-refractivity contribution is 7.23. The second-order valence-electron chi connectivity index (χ2n) is 6.21. The molecule has 1 aromatic carbocycles. The number of methoxy groups -OCH3 is 1. The van der Waals surface area contributed by atoms with Gasteiger partial charge < -0.3 is 15.8 Å². The van der Waals surface area contributed by atoms with Crippen LogP contribution in [0.4, 0.5) is 10.8 Å². The van der Waals surface area contributed by atoms with E-state index in [9.17, 15) is 10.1 Å². The van der Waals surface area contributed by atoms with Gasteiger partial charge in [-0.25, -0.2) is 4.98 Å². The van der Waals surface area contributed by atoms with E-state index in [1.807, 2.05) is 31.2 Å². The van der Waals surface area contributed by atoms with Gasteiger partial charge in [0.15, 0.2) is 0 Å². The summed E-state index contributed by atoms with van der Waals surface area (Å²) in [6.07, 6.45) is 0.326. The molecule has 26 heavy (non-hydrogen) atoms. The molecular weight excluding hydrogens is 348 g/mol. The molecule has 7 heteroatoms. The largest absolute Gasteiger partial charge is 0.497 e. The fourth-order valence-corrected chi connectivity index (χ4v) is 4.67. The van der Waals surface area contributed by atoms with Crippen LogP contribution in [0.15, 0.2) is 24.3 Å². The average Bonchev–Trinajstić information content (AvgIpc) is 2.99. The molecule has 6 nitrogen and oxygen atoms in total. The average molecular weight is 364 g/mol. The predicted molar refractivity (Wildman–Crippen MR) is 102 cm³/mol. The van der Waals surface area contributed by atoms with Gasteiger partial charge >= 0.3 is 0 Å². The molecule has 1 aliphatic rings. The SMILES string of the molecule is COc1cccc([C@H]2CC(=O)Nc3sc4c(C)c(C#N)c(N)nc4c32)c1. The van der Waals surface area contributed by atoms with E-state index in [0.29, 0.717) is 12.0 Å². The Balaban J connectivity index is 1.99. The van der Waals surface area contributed by atoms with E-state index in [-0.39, 0.29) is 17.6 Å². The van der Waals surface area contributed by atoms with Crippen molar-refractivity contribution in [3.63, 3.8) is 0 Å². The Kier molecular flexibility index (Phi) is 3.78. The Bertz CT molecular complexity index is 1100. The number of benzene rings is 1. The van der Waals surface area contributed by atoms with Crippen molar-refractivity contribution in [2.45, 2.75) is 19.3 Å². The first-order valence-corrected chi connectivity index (χ1v) is 8.91. The van der Waals surface area contributed by atoms with Gasteiger partial charge in [-0.15, -0.1) is 11.3 Å². The van der Waals surface area contributed by atoms with E-state index in [4.69, 9.17) is 10.5 Å². The molecule has 3 aromatic rings. The topological polar surface area (TPSA) is 101 Å². The number of ether oxygens (including phenoxy) is 1. The maximum Gasteiger partial charge on any atom is 0.225 e. The number of nitrogens with zero attached hydrogens (tertiary/aromatic N) is 2. The van der Waals surface area contributed by atoms with Crippen LogP contribution >= 0.6 is 11.3 Å². The summed E-state index contributed by atoms with van der Waals surface area (Å²) in [5.74, 6) is 0.786. The lowest BCUT2D eigenvalue weighted by Gasteiger charge is -2.23. The summed E-state index contributed by atoms with van der Waals surface area (Å²) in [5, 5.41) is 13.1. The van der Waals surface area contributed by atoms with Gasteiger partial charge in [0.2, 0.25) is 5.91 Å². The first kappa shape index (κ1) is 16.4. The first-order valence-electron chi connectivity index (χ1n) is 8.09. The van der Waals surface area contributed by atoms with Crippen molar-refractivity contribution in [2.75, 3.05) is 18.2 Å². The predicted octanol–water partition coefficient (Wildman–Crippen LogP) is 3.54. The summed E-state index contributed by atoms with van der Waals surface area (Å²) in [6, 6.07) is 9.83. The van der Waals surface area contributed by atoms with Crippen LogP contribution in [0.3, 0.4) is 0 Å². The van der Waals surface area contributed by atoms with Crippen molar-refractivity contribution in [1.29, 1.82) is 5.26 Å². The number of carbonyl (C=O) groups is 1. The Hall–Kier alpha value is -3.11. The number of amides is 1. The van der Waals surface area contributed by atoms with Gasteiger partial charge in [0.1, 0.15) is 22.6 Å². The molecule has 0 aliphatic carbocycles. The van der Waals surface area contributed by atoms with Crippen LogP contribution in [0.1, 0.15) is 34.6 Å². The number of nitrogens with two attached hydrogens (primary N) is 1. The summed E-state index contributed by atoms with van der Waals surface area (Å²) in [5.41, 5.74) is 9.90. The van der Waals surface area contributed by atoms with Gasteiger partial charge in [0.05, 0.1) is 22.9 Å². The molecule has 3 N–H and O–H groups in total. The second kappa shape index (κ2) is 6.00. The molecule has 130 valence electrons. The lowest BCUT2D eigenvalue weighted by Crippen LogP contribution is -2.22. The molecule has 2 aromatic heterocycles. The van der Waals surface area contributed by atoms with E-state index in [1.165, 1.54) is 11.3 Å². The number of anilines is 2. The number of pyridine rings is 1. The zero-order chi connectivity index (χ0) is 18.4. The van der Waals surface area contributed by atoms with Gasteiger partial charge in [0.25, 0.3) is 0 Å². The number of nitriles is 1. The Morgan fingerprint density at radius 3 is 3.00 bits per heavy atom. The minimum Gasteiger partial charge on any atom is -0.497 e. The summed E-state index contributed by atoms with van der Waals surface area (Å²) in [6.45, 7) is 1.86. The van der Waals surface area contributed by atoms with Crippen molar-refractivity contribution in [3.8, 4) is 11.8 Å². The number of rotatable bonds is 2. The standard InChI is InChI=1S/C19H16N4O2S/c1-9-13(8-20)18(21)23-16-15-12(10-4-3-5-11(6-10)25-2)7-14(24)22-19(15)26-17(9)16/h3-6,12H,7H2,1-2H3,(H2,21,23)(H,22,24)/t12-/m1/s1. The quantitative estimate of drug-likeness (QED) is 0.724. The monoisotopic (exact) mass is 364 g/mol. The first-order chi connectivity index (χ1) is 12.5. The summed E-state index contributed by atoms with van der Waals surface area (Å²) < 4.78 is 6.21. The van der Waals surface area contributed by atoms with Crippen LogP contribution in [0, 0.1) is 18.3 Å². The van der Waals surface area contributed by atoms with Crippen molar-refractivity contribution in [2.24, 2.45) is 0 Å². The van der Waals surface area contributed by atoms with Gasteiger partial charge in [-0.1, -0.05) is 12.1 Å². The minimum absolute atomic E-state index is 0.0389. The van der Waals surface area contributed by atoms with Gasteiger partial charge in [-0.3, -0.25) is 4.79 Å². The van der Waals surface area contributed by atoms with Crippen LogP contribution in [-0.4, -0.2) is 18.0 Å². The number of nitrogen functional groups attached to an aromatic ring is 1. The molecule has 1 amide bonds. The van der Waals surface area contributed by atoms with Crippen molar-refractivity contribution in [3.05, 3.63) is 46.5 Å². The van der Waals surface area contributed by atoms with Crippen LogP contribution < -0.4 is 15.8 Å². The third kappa shape index (κ3) is 2.38. The number of aryl methyl sites for hydroxylation is 1. The molecule has 3 heterocycles. The summed E-state index contributed by atoms with van der Waals surface area (Å²) in [4.78, 5) is 16.8. The smallest absolute Gasteiger partial charge is 0.225 e. The van der Waals surface area contributed by atoms with E-state index >= 15 is 0 Å². The number of nitrogens with one attached hydrogen (secondary N) is 1. The number of carbonyl (C=O) groups excluding carboxylic acids is 1. The molecule has 1 atom stereocenters. The Labute approximate surface area is 154 Å². The summed E-state index contributed by atoms with van der Waals surface area (Å²) >= 11 is 1.44. The normalized spacial score (nSPS) is 16.0. The molecule has 4 rings (SSSR count). The fourth-order valence-electron chi connectivity index (χ4n) is 3.45. The van der Waals surface area contributed by atoms with Crippen molar-refractivity contribution >= 4 is 38.3 Å². The minimum atomic E-state index is -0.137. The van der Waals surface area contributed by atoms with Crippen LogP contribution in [-0.2, 0) is 4.79 Å². The summed E-state index contributed by atoms with van der Waals surface area (Å²) in [7, 11) is 1.62. The molecule has 0 bridgehead atoms. The van der Waals surface area contributed by atoms with E-state index in [2.05, 4.69) is 16.4 Å². The molecule has 1 aliphatic heterocycles. The highest BCUT2D eigenvalue weighted by Crippen LogP contribution is 2.48. The zero-order valence-electron chi connectivity index (χ0n) is 14.3. The molecule has 0 saturated carbocycles. The lowest BCUT2D eigenvalue weighted by atomic mass is 9.86. The zero-order valence-corrected chi connectivity index (χ0v) is 15.1. The van der Waals surface area contributed by atoms with Crippen LogP contribution in [0.25, 0.3) is 10.2 Å². The Morgan fingerprint density at radius 1 is 1.46 bits per heavy atom. The van der Waals surface area contributed by atoms with Gasteiger partial charge in [-0.2, -0.15) is 5.26 Å². The highest BCUT2D eigenvalue weighted by atomic mass is 32.1. The number of thiophene rings is 1. The third-order valence-corrected chi connectivity index (χ3v) is 5.95. The van der Waals surface area contributed by atoms with E-state index < -0.39 is 0 Å². The molecule has 0 unspecified atom stereocenters. The number of fused-ring (bicyclic) bond motifs is 3. The maximum absolute atomic E-state index is 12.3. The molecule has 0 saturated heterocycles. The molecule has 0 radical (unpaired) electrons. The van der Waals surface area contributed by atoms with E-state index in [0.717, 1.165) is 37.7 Å². The lowest BCUT2D eigenvalue weighted by molar-refractivity contribution is -0.116. The molecular formula is C19H16N4O2S. The Morgan fingerprint density at radius 2 is 2.27 bits per heavy atom. The number of hydrogen-bond acceptors (Lipinski definition) is 6. The van der Waals surface area contributed by atoms with Crippen LogP contribution in [0.5, 0.6) is 5.75 Å². The van der Waals surface area contributed by atoms with Crippen molar-refractivity contribution in [1.82, 2.24) is 4.98 Å². The fraction of sp³-hybridized carbons (Fsp3) is 0.211.